The molecule has 5 heteroatoms. The molecular weight excluding hydrogens is 835 g/mol. The molecule has 0 saturated heterocycles. The molecule has 0 fully saturated rings. The lowest BCUT2D eigenvalue weighted by atomic mass is 9.84. The summed E-state index contributed by atoms with van der Waals surface area (Å²) in [5.74, 6) is 1.65. The predicted molar refractivity (Wildman–Crippen MR) is 280 cm³/mol. The van der Waals surface area contributed by atoms with E-state index in [4.69, 9.17) is 4.74 Å². The van der Waals surface area contributed by atoms with Gasteiger partial charge >= 0.3 is 0 Å². The van der Waals surface area contributed by atoms with Crippen molar-refractivity contribution < 1.29 is 4.74 Å². The largest absolute Gasteiger partial charge is 0.453 e. The topological polar surface area (TPSA) is 19.0 Å². The highest BCUT2D eigenvalue weighted by atomic mass is 32.2. The number of nitrogens with zero attached hydrogens (tertiary/aromatic N) is 3. The van der Waals surface area contributed by atoms with Gasteiger partial charge in [-0.2, -0.15) is 0 Å². The Kier molecular flexibility index (Phi) is 9.68. The Morgan fingerprint density at radius 1 is 0.388 bits per heavy atom. The number of rotatable bonds is 7. The van der Waals surface area contributed by atoms with E-state index in [1.54, 1.807) is 0 Å². The van der Waals surface area contributed by atoms with Crippen molar-refractivity contribution >= 4 is 73.7 Å². The molecule has 3 aliphatic rings. The molecule has 0 radical (unpaired) electrons. The van der Waals surface area contributed by atoms with Gasteiger partial charge in [-0.3, -0.25) is 0 Å². The Balaban J connectivity index is 0.929. The van der Waals surface area contributed by atoms with Crippen molar-refractivity contribution in [2.45, 2.75) is 35.5 Å². The Morgan fingerprint density at radius 3 is 1.88 bits per heavy atom. The minimum Gasteiger partial charge on any atom is -0.453 e. The predicted octanol–water partition coefficient (Wildman–Crippen LogP) is 18.0. The van der Waals surface area contributed by atoms with Crippen molar-refractivity contribution in [2.24, 2.45) is 0 Å². The van der Waals surface area contributed by atoms with Crippen molar-refractivity contribution in [1.29, 1.82) is 0 Å². The lowest BCUT2D eigenvalue weighted by Gasteiger charge is -2.35. The highest BCUT2D eigenvalue weighted by molar-refractivity contribution is 7.99. The number of ether oxygens (including phenoxy) is 1. The van der Waals surface area contributed by atoms with Crippen LogP contribution in [0.1, 0.15) is 24.0 Å². The molecule has 0 spiro atoms. The fraction of sp³-hybridized carbons (Fsp3) is 0.0645. The van der Waals surface area contributed by atoms with Crippen LogP contribution in [-0.2, 0) is 12.8 Å². The number of anilines is 9. The summed E-state index contributed by atoms with van der Waals surface area (Å²) in [7, 11) is 0. The Labute approximate surface area is 396 Å². The van der Waals surface area contributed by atoms with Gasteiger partial charge in [0.25, 0.3) is 0 Å². The molecule has 13 rings (SSSR count). The third kappa shape index (κ3) is 6.93. The van der Waals surface area contributed by atoms with E-state index in [0.717, 1.165) is 58.5 Å². The van der Waals surface area contributed by atoms with Gasteiger partial charge in [-0.05, 0) is 161 Å². The summed E-state index contributed by atoms with van der Waals surface area (Å²) >= 11 is 1.85. The zero-order chi connectivity index (χ0) is 44.3. The van der Waals surface area contributed by atoms with Crippen LogP contribution in [0.25, 0.3) is 33.0 Å². The maximum Gasteiger partial charge on any atom is 0.153 e. The highest BCUT2D eigenvalue weighted by Crippen LogP contribution is 2.55. The lowest BCUT2D eigenvalue weighted by molar-refractivity contribution is 0.477. The SMILES string of the molecule is c1ccc(-c2ccc(N(c3ccc(-c4ccc5c(c4)Sc4ccccc4N5c4ccccc4)cc3)c3ccc4c(c3)Oc3ccccc3N4c3ccc4ccccc4c3)c3c2CCCC3)cc1. The van der Waals surface area contributed by atoms with Crippen LogP contribution < -0.4 is 19.4 Å². The summed E-state index contributed by atoms with van der Waals surface area (Å²) in [6.45, 7) is 0. The molecule has 2 aliphatic heterocycles. The van der Waals surface area contributed by atoms with Crippen LogP contribution in [0.5, 0.6) is 11.5 Å². The summed E-state index contributed by atoms with van der Waals surface area (Å²) in [5, 5.41) is 2.42. The van der Waals surface area contributed by atoms with E-state index in [1.807, 2.05) is 11.8 Å². The molecule has 0 atom stereocenters. The molecule has 320 valence electrons. The van der Waals surface area contributed by atoms with E-state index >= 15 is 0 Å². The molecule has 67 heavy (non-hydrogen) atoms. The maximum atomic E-state index is 6.88. The Hall–Kier alpha value is -7.99. The number of benzene rings is 10. The molecule has 10 aromatic carbocycles. The Bertz CT molecular complexity index is 3500. The molecule has 0 aromatic heterocycles. The normalized spacial score (nSPS) is 13.4. The zero-order valence-corrected chi connectivity index (χ0v) is 37.7. The van der Waals surface area contributed by atoms with Crippen molar-refractivity contribution in [3.63, 3.8) is 0 Å². The average molecular weight is 880 g/mol. The number of fused-ring (bicyclic) bond motifs is 6. The first-order valence-corrected chi connectivity index (χ1v) is 24.1. The van der Waals surface area contributed by atoms with E-state index in [0.29, 0.717) is 0 Å². The van der Waals surface area contributed by atoms with E-state index < -0.39 is 0 Å². The molecule has 4 nitrogen and oxygen atoms in total. The van der Waals surface area contributed by atoms with Crippen LogP contribution in [0, 0.1) is 0 Å². The first kappa shape index (κ1) is 39.4. The second-order valence-corrected chi connectivity index (χ2v) is 18.6. The Morgan fingerprint density at radius 2 is 1.03 bits per heavy atom. The van der Waals surface area contributed by atoms with Crippen LogP contribution >= 0.6 is 11.8 Å². The molecule has 0 amide bonds. The molecule has 1 aliphatic carbocycles. The van der Waals surface area contributed by atoms with Gasteiger partial charge in [0.05, 0.1) is 22.7 Å². The fourth-order valence-corrected chi connectivity index (χ4v) is 11.5. The summed E-state index contributed by atoms with van der Waals surface area (Å²) in [6.07, 6.45) is 4.45. The van der Waals surface area contributed by atoms with Crippen LogP contribution in [0.2, 0.25) is 0 Å². The van der Waals surface area contributed by atoms with Gasteiger partial charge in [0, 0.05) is 44.3 Å². The monoisotopic (exact) mass is 879 g/mol. The number of para-hydroxylation sites is 4. The minimum absolute atomic E-state index is 0.818. The molecule has 10 aromatic rings. The van der Waals surface area contributed by atoms with Crippen molar-refractivity contribution in [2.75, 3.05) is 14.7 Å². The summed E-state index contributed by atoms with van der Waals surface area (Å²) < 4.78 is 6.88. The summed E-state index contributed by atoms with van der Waals surface area (Å²) in [5.41, 5.74) is 17.9. The van der Waals surface area contributed by atoms with Gasteiger partial charge in [-0.1, -0.05) is 139 Å². The zero-order valence-electron chi connectivity index (χ0n) is 36.8. The molecule has 0 saturated carbocycles. The maximum absolute atomic E-state index is 6.88. The average Bonchev–Trinajstić information content (AvgIpc) is 3.40. The van der Waals surface area contributed by atoms with E-state index in [9.17, 15) is 0 Å². The van der Waals surface area contributed by atoms with Crippen molar-refractivity contribution in [3.8, 4) is 33.8 Å². The van der Waals surface area contributed by atoms with Gasteiger partial charge < -0.3 is 19.4 Å². The van der Waals surface area contributed by atoms with Crippen LogP contribution in [0.4, 0.5) is 51.2 Å². The van der Waals surface area contributed by atoms with Gasteiger partial charge in [0.1, 0.15) is 0 Å². The van der Waals surface area contributed by atoms with E-state index in [2.05, 4.69) is 239 Å². The fourth-order valence-electron chi connectivity index (χ4n) is 10.4. The molecule has 0 unspecified atom stereocenters. The smallest absolute Gasteiger partial charge is 0.153 e. The standard InChI is InChI=1S/C62H45N3OS/c1-3-16-44(17-4-1)51-35-38-54(53-22-10-9-21-52(51)53)63(50-34-37-56-60(41-50)66-59-25-13-11-23-55(59)65(56)49-33-29-42-15-7-8-18-45(42)39-49)48-31-27-43(28-32-48)46-30-36-58-62(40-46)67-61-26-14-12-24-57(61)64(58)47-19-5-2-6-20-47/h1-8,11-20,23-41H,9-10,21-22H2. The summed E-state index contributed by atoms with van der Waals surface area (Å²) in [6, 6.07) is 81.5. The third-order valence-corrected chi connectivity index (χ3v) is 14.7. The van der Waals surface area contributed by atoms with Crippen LogP contribution in [-0.4, -0.2) is 0 Å². The molecule has 2 heterocycles. The van der Waals surface area contributed by atoms with Crippen molar-refractivity contribution in [3.05, 3.63) is 236 Å². The third-order valence-electron chi connectivity index (χ3n) is 13.6. The first-order chi connectivity index (χ1) is 33.2. The van der Waals surface area contributed by atoms with Crippen molar-refractivity contribution in [1.82, 2.24) is 0 Å². The number of hydrogen-bond donors (Lipinski definition) is 0. The van der Waals surface area contributed by atoms with Gasteiger partial charge in [-0.15, -0.1) is 0 Å². The van der Waals surface area contributed by atoms with E-state index in [-0.39, 0.29) is 0 Å². The highest BCUT2D eigenvalue weighted by Gasteiger charge is 2.30. The quantitative estimate of drug-likeness (QED) is 0.158. The molecule has 0 N–H and O–H groups in total. The van der Waals surface area contributed by atoms with Crippen LogP contribution in [0.3, 0.4) is 0 Å². The second-order valence-electron chi connectivity index (χ2n) is 17.6. The number of hydrogen-bond acceptors (Lipinski definition) is 5. The minimum atomic E-state index is 0.818. The van der Waals surface area contributed by atoms with E-state index in [1.165, 1.54) is 83.8 Å². The van der Waals surface area contributed by atoms with Gasteiger partial charge in [-0.25, -0.2) is 0 Å². The molecular formula is C62H45N3OS. The van der Waals surface area contributed by atoms with Gasteiger partial charge in [0.15, 0.2) is 11.5 Å². The second kappa shape index (κ2) is 16.5. The van der Waals surface area contributed by atoms with Gasteiger partial charge in [0.2, 0.25) is 0 Å². The summed E-state index contributed by atoms with van der Waals surface area (Å²) in [4.78, 5) is 9.68. The van der Waals surface area contributed by atoms with Crippen LogP contribution in [0.15, 0.2) is 234 Å². The molecule has 0 bridgehead atoms. The lowest BCUT2D eigenvalue weighted by Crippen LogP contribution is -2.18. The first-order valence-electron chi connectivity index (χ1n) is 23.3.